The average molecular weight is 213 g/mol. The maximum Gasteiger partial charge on any atom is 0.410 e. The molecule has 0 unspecified atom stereocenters. The van der Waals surface area contributed by atoms with Gasteiger partial charge in [0.15, 0.2) is 0 Å². The van der Waals surface area contributed by atoms with Gasteiger partial charge in [0.25, 0.3) is 0 Å². The topological polar surface area (TPSA) is 49.8 Å². The second-order valence-corrected chi connectivity index (χ2v) is 5.58. The van der Waals surface area contributed by atoms with Gasteiger partial charge >= 0.3 is 6.09 Å². The molecule has 15 heavy (non-hydrogen) atoms. The molecule has 0 radical (unpaired) electrons. The van der Waals surface area contributed by atoms with Gasteiger partial charge in [0.1, 0.15) is 5.60 Å². The SMILES string of the molecule is CC(C)(C)OC(=O)N1CC[C@@H]2C[C@]21CO. The Balaban J connectivity index is 2.02. The Morgan fingerprint density at radius 1 is 1.60 bits per heavy atom. The van der Waals surface area contributed by atoms with Crippen molar-refractivity contribution in [3.8, 4) is 0 Å². The highest BCUT2D eigenvalue weighted by molar-refractivity contribution is 5.71. The van der Waals surface area contributed by atoms with E-state index in [0.717, 1.165) is 19.4 Å². The van der Waals surface area contributed by atoms with Crippen LogP contribution in [0.4, 0.5) is 4.79 Å². The van der Waals surface area contributed by atoms with Crippen molar-refractivity contribution in [2.75, 3.05) is 13.2 Å². The third-order valence-corrected chi connectivity index (χ3v) is 3.33. The van der Waals surface area contributed by atoms with Crippen molar-refractivity contribution < 1.29 is 14.6 Å². The van der Waals surface area contributed by atoms with E-state index in [1.165, 1.54) is 0 Å². The zero-order chi connectivity index (χ0) is 11.3. The first-order valence-electron chi connectivity index (χ1n) is 5.50. The molecule has 1 aliphatic carbocycles. The maximum atomic E-state index is 11.9. The Morgan fingerprint density at radius 2 is 2.27 bits per heavy atom. The number of carbonyl (C=O) groups excluding carboxylic acids is 1. The average Bonchev–Trinajstić information content (AvgIpc) is 2.70. The third kappa shape index (κ3) is 1.71. The molecular weight excluding hydrogens is 194 g/mol. The van der Waals surface area contributed by atoms with Gasteiger partial charge in [0, 0.05) is 6.54 Å². The molecule has 4 nitrogen and oxygen atoms in total. The Labute approximate surface area is 90.2 Å². The molecule has 0 spiro atoms. The first kappa shape index (κ1) is 10.7. The summed E-state index contributed by atoms with van der Waals surface area (Å²) in [7, 11) is 0. The minimum absolute atomic E-state index is 0.0664. The highest BCUT2D eigenvalue weighted by atomic mass is 16.6. The molecule has 2 rings (SSSR count). The molecule has 0 aromatic heterocycles. The van der Waals surface area contributed by atoms with Crippen LogP contribution in [0.2, 0.25) is 0 Å². The van der Waals surface area contributed by atoms with Gasteiger partial charge in [-0.15, -0.1) is 0 Å². The van der Waals surface area contributed by atoms with Crippen LogP contribution in [0.3, 0.4) is 0 Å². The molecule has 4 heteroatoms. The second-order valence-electron chi connectivity index (χ2n) is 5.58. The van der Waals surface area contributed by atoms with Crippen LogP contribution in [0.25, 0.3) is 0 Å². The van der Waals surface area contributed by atoms with E-state index in [9.17, 15) is 9.90 Å². The fourth-order valence-electron chi connectivity index (χ4n) is 2.45. The lowest BCUT2D eigenvalue weighted by Crippen LogP contribution is -2.45. The molecule has 0 aromatic rings. The van der Waals surface area contributed by atoms with E-state index < -0.39 is 5.60 Å². The van der Waals surface area contributed by atoms with Crippen molar-refractivity contribution in [2.24, 2.45) is 5.92 Å². The van der Waals surface area contributed by atoms with Gasteiger partial charge in [-0.25, -0.2) is 4.79 Å². The highest BCUT2D eigenvalue weighted by Gasteiger charge is 2.63. The van der Waals surface area contributed by atoms with Gasteiger partial charge in [0.05, 0.1) is 12.1 Å². The van der Waals surface area contributed by atoms with E-state index in [1.54, 1.807) is 4.90 Å². The van der Waals surface area contributed by atoms with E-state index in [-0.39, 0.29) is 18.2 Å². The predicted octanol–water partition coefficient (Wildman–Crippen LogP) is 1.38. The molecule has 86 valence electrons. The van der Waals surface area contributed by atoms with Gasteiger partial charge in [0.2, 0.25) is 0 Å². The van der Waals surface area contributed by atoms with Gasteiger partial charge in [-0.3, -0.25) is 4.90 Å². The van der Waals surface area contributed by atoms with Crippen molar-refractivity contribution in [3.63, 3.8) is 0 Å². The Morgan fingerprint density at radius 3 is 2.73 bits per heavy atom. The van der Waals surface area contributed by atoms with Crippen molar-refractivity contribution in [1.29, 1.82) is 0 Å². The van der Waals surface area contributed by atoms with Crippen molar-refractivity contribution >= 4 is 6.09 Å². The molecule has 0 bridgehead atoms. The molecule has 2 atom stereocenters. The van der Waals surface area contributed by atoms with Crippen LogP contribution in [-0.2, 0) is 4.74 Å². The first-order chi connectivity index (χ1) is 6.89. The lowest BCUT2D eigenvalue weighted by molar-refractivity contribution is 0.0105. The van der Waals surface area contributed by atoms with Crippen LogP contribution in [-0.4, -0.2) is 40.4 Å². The number of amides is 1. The molecule has 1 aliphatic heterocycles. The fraction of sp³-hybridized carbons (Fsp3) is 0.909. The predicted molar refractivity (Wildman–Crippen MR) is 55.5 cm³/mol. The summed E-state index contributed by atoms with van der Waals surface area (Å²) >= 11 is 0. The number of nitrogens with zero attached hydrogens (tertiary/aromatic N) is 1. The van der Waals surface area contributed by atoms with Crippen molar-refractivity contribution in [2.45, 2.75) is 44.8 Å². The van der Waals surface area contributed by atoms with E-state index >= 15 is 0 Å². The van der Waals surface area contributed by atoms with E-state index in [0.29, 0.717) is 5.92 Å². The van der Waals surface area contributed by atoms with Gasteiger partial charge in [-0.2, -0.15) is 0 Å². The van der Waals surface area contributed by atoms with Crippen molar-refractivity contribution in [3.05, 3.63) is 0 Å². The molecule has 1 amide bonds. The highest BCUT2D eigenvalue weighted by Crippen LogP contribution is 2.55. The quantitative estimate of drug-likeness (QED) is 0.716. The Kier molecular flexibility index (Phi) is 2.23. The largest absolute Gasteiger partial charge is 0.444 e. The number of hydrogen-bond donors (Lipinski definition) is 1. The van der Waals surface area contributed by atoms with Gasteiger partial charge in [-0.05, 0) is 39.5 Å². The number of piperidine rings is 1. The number of likely N-dealkylation sites (tertiary alicyclic amines) is 1. The van der Waals surface area contributed by atoms with Crippen LogP contribution in [0.15, 0.2) is 0 Å². The first-order valence-corrected chi connectivity index (χ1v) is 5.50. The number of aliphatic hydroxyl groups is 1. The molecule has 1 N–H and O–H groups in total. The number of ether oxygens (including phenoxy) is 1. The molecule has 1 saturated carbocycles. The zero-order valence-electron chi connectivity index (χ0n) is 9.62. The standard InChI is InChI=1S/C11H19NO3/c1-10(2,3)15-9(14)12-5-4-8-6-11(8,12)7-13/h8,13H,4-7H2,1-3H3/t8-,11+/m1/s1. The molecule has 1 heterocycles. The smallest absolute Gasteiger partial charge is 0.410 e. The van der Waals surface area contributed by atoms with Crippen LogP contribution in [0.1, 0.15) is 33.6 Å². The normalized spacial score (nSPS) is 33.9. The van der Waals surface area contributed by atoms with Crippen LogP contribution < -0.4 is 0 Å². The number of aliphatic hydroxyl groups excluding tert-OH is 1. The molecule has 0 aromatic carbocycles. The van der Waals surface area contributed by atoms with Crippen molar-refractivity contribution in [1.82, 2.24) is 4.90 Å². The van der Waals surface area contributed by atoms with E-state index in [2.05, 4.69) is 0 Å². The summed E-state index contributed by atoms with van der Waals surface area (Å²) in [5.74, 6) is 0.495. The van der Waals surface area contributed by atoms with E-state index in [1.807, 2.05) is 20.8 Å². The molecule has 1 saturated heterocycles. The summed E-state index contributed by atoms with van der Waals surface area (Å²) < 4.78 is 5.32. The minimum Gasteiger partial charge on any atom is -0.444 e. The second kappa shape index (κ2) is 3.11. The van der Waals surface area contributed by atoms with Gasteiger partial charge < -0.3 is 9.84 Å². The summed E-state index contributed by atoms with van der Waals surface area (Å²) in [6, 6.07) is 0. The third-order valence-electron chi connectivity index (χ3n) is 3.33. The number of fused-ring (bicyclic) bond motifs is 1. The lowest BCUT2D eigenvalue weighted by atomic mass is 10.2. The number of rotatable bonds is 1. The fourth-order valence-corrected chi connectivity index (χ4v) is 2.45. The summed E-state index contributed by atoms with van der Waals surface area (Å²) in [4.78, 5) is 13.6. The Bertz CT molecular complexity index is 280. The number of carbonyl (C=O) groups is 1. The van der Waals surface area contributed by atoms with Gasteiger partial charge in [-0.1, -0.05) is 0 Å². The van der Waals surface area contributed by atoms with E-state index in [4.69, 9.17) is 4.74 Å². The summed E-state index contributed by atoms with van der Waals surface area (Å²) in [5.41, 5.74) is -0.733. The lowest BCUT2D eigenvalue weighted by Gasteiger charge is -2.30. The van der Waals surface area contributed by atoms with Crippen LogP contribution in [0, 0.1) is 5.92 Å². The van der Waals surface area contributed by atoms with Crippen LogP contribution in [0.5, 0.6) is 0 Å². The Hall–Kier alpha value is -0.770. The minimum atomic E-state index is -0.458. The maximum absolute atomic E-state index is 11.9. The molecular formula is C11H19NO3. The number of hydrogen-bond acceptors (Lipinski definition) is 3. The molecule has 2 aliphatic rings. The molecule has 2 fully saturated rings. The summed E-state index contributed by atoms with van der Waals surface area (Å²) in [6.07, 6.45) is 1.65. The summed E-state index contributed by atoms with van der Waals surface area (Å²) in [6.45, 7) is 6.36. The zero-order valence-corrected chi connectivity index (χ0v) is 9.62. The summed E-state index contributed by atoms with van der Waals surface area (Å²) in [5, 5.41) is 9.34. The van der Waals surface area contributed by atoms with Crippen LogP contribution >= 0.6 is 0 Å². The monoisotopic (exact) mass is 213 g/mol.